The van der Waals surface area contributed by atoms with Gasteiger partial charge in [-0.3, -0.25) is 4.79 Å². The van der Waals surface area contributed by atoms with Gasteiger partial charge < -0.3 is 9.57 Å². The molecule has 1 aliphatic rings. The maximum Gasteiger partial charge on any atom is 0.314 e. The molecule has 0 N–H and O–H groups in total. The average Bonchev–Trinajstić information content (AvgIpc) is 2.47. The van der Waals surface area contributed by atoms with Crippen molar-refractivity contribution in [3.05, 3.63) is 30.3 Å². The minimum atomic E-state index is -0.239. The highest BCUT2D eigenvalue weighted by molar-refractivity contribution is 6.02. The number of rotatable bonds is 4. The molecule has 1 atom stereocenters. The highest BCUT2D eigenvalue weighted by atomic mass is 16.6. The van der Waals surface area contributed by atoms with Crippen LogP contribution in [0, 0.1) is 5.92 Å². The van der Waals surface area contributed by atoms with Crippen LogP contribution in [-0.4, -0.2) is 18.3 Å². The molecule has 1 aromatic rings. The molecular weight excluding hydrogens is 242 g/mol. The molecule has 0 aliphatic heterocycles. The molecule has 102 valence electrons. The largest absolute Gasteiger partial charge is 0.465 e. The molecule has 0 spiro atoms. The van der Waals surface area contributed by atoms with Crippen molar-refractivity contribution in [2.24, 2.45) is 11.1 Å². The summed E-state index contributed by atoms with van der Waals surface area (Å²) in [4.78, 5) is 17.2. The van der Waals surface area contributed by atoms with Gasteiger partial charge in [0.25, 0.3) is 0 Å². The molecule has 4 heteroatoms. The van der Waals surface area contributed by atoms with Crippen LogP contribution in [0.4, 0.5) is 0 Å². The SMILES string of the molecule is CCOC(=O)C1CCCC/C1=N\Oc1ccccc1. The standard InChI is InChI=1S/C15H19NO3/c1-2-18-15(17)13-10-6-7-11-14(13)16-19-12-8-4-3-5-9-12/h3-5,8-9,13H,2,6-7,10-11H2,1H3/b16-14+. The molecule has 0 radical (unpaired) electrons. The molecule has 19 heavy (non-hydrogen) atoms. The Morgan fingerprint density at radius 2 is 2.11 bits per heavy atom. The number of para-hydroxylation sites is 1. The summed E-state index contributed by atoms with van der Waals surface area (Å²) >= 11 is 0. The smallest absolute Gasteiger partial charge is 0.314 e. The van der Waals surface area contributed by atoms with E-state index in [-0.39, 0.29) is 11.9 Å². The number of nitrogens with zero attached hydrogens (tertiary/aromatic N) is 1. The van der Waals surface area contributed by atoms with E-state index in [9.17, 15) is 4.79 Å². The highest BCUT2D eigenvalue weighted by Crippen LogP contribution is 2.23. The van der Waals surface area contributed by atoms with Gasteiger partial charge in [0.15, 0.2) is 5.75 Å². The van der Waals surface area contributed by atoms with Gasteiger partial charge in [-0.05, 0) is 38.3 Å². The van der Waals surface area contributed by atoms with E-state index in [2.05, 4.69) is 5.16 Å². The quantitative estimate of drug-likeness (QED) is 0.618. The lowest BCUT2D eigenvalue weighted by molar-refractivity contribution is -0.146. The summed E-state index contributed by atoms with van der Waals surface area (Å²) in [5, 5.41) is 4.15. The van der Waals surface area contributed by atoms with Crippen molar-refractivity contribution in [2.75, 3.05) is 6.61 Å². The van der Waals surface area contributed by atoms with E-state index in [1.165, 1.54) is 0 Å². The van der Waals surface area contributed by atoms with Crippen molar-refractivity contribution < 1.29 is 14.4 Å². The lowest BCUT2D eigenvalue weighted by atomic mass is 9.87. The fraction of sp³-hybridized carbons (Fsp3) is 0.467. The molecule has 1 aliphatic carbocycles. The molecule has 1 fully saturated rings. The molecule has 4 nitrogen and oxygen atoms in total. The van der Waals surface area contributed by atoms with E-state index in [0.29, 0.717) is 12.4 Å². The van der Waals surface area contributed by atoms with Gasteiger partial charge in [0.05, 0.1) is 18.2 Å². The minimum Gasteiger partial charge on any atom is -0.465 e. The third-order valence-electron chi connectivity index (χ3n) is 3.16. The van der Waals surface area contributed by atoms with Crippen LogP contribution >= 0.6 is 0 Å². The Morgan fingerprint density at radius 3 is 2.84 bits per heavy atom. The summed E-state index contributed by atoms with van der Waals surface area (Å²) in [6.45, 7) is 2.22. The van der Waals surface area contributed by atoms with Crippen LogP contribution in [0.2, 0.25) is 0 Å². The summed E-state index contributed by atoms with van der Waals surface area (Å²) in [6, 6.07) is 9.37. The minimum absolute atomic E-state index is 0.183. The van der Waals surface area contributed by atoms with Gasteiger partial charge >= 0.3 is 5.97 Å². The topological polar surface area (TPSA) is 47.9 Å². The maximum atomic E-state index is 11.9. The van der Waals surface area contributed by atoms with Crippen LogP contribution in [0.15, 0.2) is 35.5 Å². The van der Waals surface area contributed by atoms with E-state index in [0.717, 1.165) is 31.4 Å². The van der Waals surface area contributed by atoms with Gasteiger partial charge in [-0.25, -0.2) is 0 Å². The normalized spacial score (nSPS) is 21.1. The lowest BCUT2D eigenvalue weighted by Crippen LogP contribution is -2.29. The van der Waals surface area contributed by atoms with E-state index >= 15 is 0 Å². The molecule has 1 saturated carbocycles. The number of benzene rings is 1. The van der Waals surface area contributed by atoms with E-state index < -0.39 is 0 Å². The van der Waals surface area contributed by atoms with Crippen molar-refractivity contribution >= 4 is 11.7 Å². The Kier molecular flexibility index (Phi) is 4.95. The van der Waals surface area contributed by atoms with Gasteiger partial charge in [0.1, 0.15) is 0 Å². The van der Waals surface area contributed by atoms with Crippen LogP contribution in [0.5, 0.6) is 5.75 Å². The van der Waals surface area contributed by atoms with Crippen molar-refractivity contribution in [2.45, 2.75) is 32.6 Å². The Hall–Kier alpha value is -1.84. The molecular formula is C15H19NO3. The summed E-state index contributed by atoms with van der Waals surface area (Å²) in [6.07, 6.45) is 3.69. The highest BCUT2D eigenvalue weighted by Gasteiger charge is 2.29. The first kappa shape index (κ1) is 13.6. The van der Waals surface area contributed by atoms with Crippen LogP contribution in [-0.2, 0) is 9.53 Å². The summed E-state index contributed by atoms with van der Waals surface area (Å²) in [5.41, 5.74) is 0.800. The molecule has 0 aromatic heterocycles. The second kappa shape index (κ2) is 6.92. The van der Waals surface area contributed by atoms with Crippen LogP contribution in [0.3, 0.4) is 0 Å². The van der Waals surface area contributed by atoms with Crippen LogP contribution in [0.1, 0.15) is 32.6 Å². The molecule has 0 bridgehead atoms. The fourth-order valence-electron chi connectivity index (χ4n) is 2.19. The predicted molar refractivity (Wildman–Crippen MR) is 73.1 cm³/mol. The summed E-state index contributed by atoms with van der Waals surface area (Å²) in [5.74, 6) is 0.262. The number of carbonyl (C=O) groups excluding carboxylic acids is 1. The molecule has 1 aromatic carbocycles. The van der Waals surface area contributed by atoms with E-state index in [1.807, 2.05) is 37.3 Å². The van der Waals surface area contributed by atoms with Gasteiger partial charge in [-0.15, -0.1) is 0 Å². The number of hydrogen-bond acceptors (Lipinski definition) is 4. The molecule has 1 unspecified atom stereocenters. The van der Waals surface area contributed by atoms with Crippen molar-refractivity contribution in [1.29, 1.82) is 0 Å². The Labute approximate surface area is 113 Å². The molecule has 2 rings (SSSR count). The zero-order valence-corrected chi connectivity index (χ0v) is 11.2. The first-order valence-electron chi connectivity index (χ1n) is 6.76. The zero-order valence-electron chi connectivity index (χ0n) is 11.2. The monoisotopic (exact) mass is 261 g/mol. The molecule has 0 saturated heterocycles. The predicted octanol–water partition coefficient (Wildman–Crippen LogP) is 3.17. The van der Waals surface area contributed by atoms with Gasteiger partial charge in [0, 0.05) is 0 Å². The van der Waals surface area contributed by atoms with Crippen LogP contribution < -0.4 is 4.84 Å². The van der Waals surface area contributed by atoms with Crippen molar-refractivity contribution in [3.63, 3.8) is 0 Å². The zero-order chi connectivity index (χ0) is 13.5. The third-order valence-corrected chi connectivity index (χ3v) is 3.16. The molecule has 0 heterocycles. The Morgan fingerprint density at radius 1 is 1.32 bits per heavy atom. The average molecular weight is 261 g/mol. The van der Waals surface area contributed by atoms with Crippen LogP contribution in [0.25, 0.3) is 0 Å². The fourth-order valence-corrected chi connectivity index (χ4v) is 2.19. The number of hydrogen-bond donors (Lipinski definition) is 0. The second-order valence-electron chi connectivity index (χ2n) is 4.54. The van der Waals surface area contributed by atoms with Gasteiger partial charge in [-0.1, -0.05) is 29.8 Å². The van der Waals surface area contributed by atoms with Gasteiger partial charge in [-0.2, -0.15) is 0 Å². The number of carbonyl (C=O) groups is 1. The van der Waals surface area contributed by atoms with E-state index in [4.69, 9.17) is 9.57 Å². The first-order valence-corrected chi connectivity index (χ1v) is 6.76. The number of esters is 1. The molecule has 0 amide bonds. The third kappa shape index (κ3) is 3.81. The summed E-state index contributed by atoms with van der Waals surface area (Å²) < 4.78 is 5.09. The van der Waals surface area contributed by atoms with Crippen molar-refractivity contribution in [1.82, 2.24) is 0 Å². The maximum absolute atomic E-state index is 11.9. The summed E-state index contributed by atoms with van der Waals surface area (Å²) in [7, 11) is 0. The lowest BCUT2D eigenvalue weighted by Gasteiger charge is -2.21. The second-order valence-corrected chi connectivity index (χ2v) is 4.54. The van der Waals surface area contributed by atoms with E-state index in [1.54, 1.807) is 0 Å². The first-order chi connectivity index (χ1) is 9.31. The van der Waals surface area contributed by atoms with Gasteiger partial charge in [0.2, 0.25) is 0 Å². The number of oxime groups is 1. The van der Waals surface area contributed by atoms with Crippen molar-refractivity contribution in [3.8, 4) is 5.75 Å². The number of ether oxygens (including phenoxy) is 1. The Balaban J connectivity index is 2.04. The Bertz CT molecular complexity index is 442.